The second-order valence-electron chi connectivity index (χ2n) is 3.74. The molecule has 0 radical (unpaired) electrons. The zero-order chi connectivity index (χ0) is 11.1. The molecule has 0 spiro atoms. The quantitative estimate of drug-likeness (QED) is 0.778. The molecule has 1 aromatic rings. The number of anilines is 1. The molecule has 0 bridgehead atoms. The van der Waals surface area contributed by atoms with E-state index in [0.29, 0.717) is 12.5 Å². The molecule has 0 aliphatic carbocycles. The van der Waals surface area contributed by atoms with Crippen LogP contribution in [0.1, 0.15) is 20.8 Å². The number of hydrogen-bond donors (Lipinski definition) is 1. The van der Waals surface area contributed by atoms with E-state index in [1.807, 2.05) is 6.92 Å². The minimum absolute atomic E-state index is 0.279. The Balaban J connectivity index is 2.51. The summed E-state index contributed by atoms with van der Waals surface area (Å²) in [5, 5.41) is 3.31. The van der Waals surface area contributed by atoms with Crippen molar-refractivity contribution in [1.29, 1.82) is 0 Å². The smallest absolute Gasteiger partial charge is 0.144 e. The molecule has 0 amide bonds. The summed E-state index contributed by atoms with van der Waals surface area (Å²) in [7, 11) is 0. The Morgan fingerprint density at radius 3 is 2.73 bits per heavy atom. The first-order chi connectivity index (χ1) is 7.24. The average molecular weight is 209 g/mol. The highest BCUT2D eigenvalue weighted by molar-refractivity contribution is 5.31. The van der Waals surface area contributed by atoms with Crippen molar-refractivity contribution >= 4 is 5.82 Å². The highest BCUT2D eigenvalue weighted by Gasteiger charge is 2.13. The van der Waals surface area contributed by atoms with E-state index in [2.05, 4.69) is 29.1 Å². The lowest BCUT2D eigenvalue weighted by Crippen LogP contribution is -2.31. The molecule has 1 heterocycles. The summed E-state index contributed by atoms with van der Waals surface area (Å²) in [5.74, 6) is 1.30. The lowest BCUT2D eigenvalue weighted by Gasteiger charge is -2.22. The van der Waals surface area contributed by atoms with Gasteiger partial charge < -0.3 is 10.1 Å². The zero-order valence-corrected chi connectivity index (χ0v) is 9.60. The summed E-state index contributed by atoms with van der Waals surface area (Å²) in [6.45, 7) is 7.76. The van der Waals surface area contributed by atoms with Gasteiger partial charge in [0.1, 0.15) is 5.82 Å². The standard InChI is InChI=1S/C11H19N3O/c1-4-15-8-10(9(2)3)14-11-7-12-5-6-13-11/h5-7,9-10H,4,8H2,1-3H3,(H,13,14). The summed E-state index contributed by atoms with van der Waals surface area (Å²) in [4.78, 5) is 8.19. The van der Waals surface area contributed by atoms with Crippen LogP contribution in [0.4, 0.5) is 5.82 Å². The van der Waals surface area contributed by atoms with Crippen LogP contribution in [-0.4, -0.2) is 29.2 Å². The van der Waals surface area contributed by atoms with E-state index in [0.717, 1.165) is 12.4 Å². The SMILES string of the molecule is CCOCC(Nc1cnccn1)C(C)C. The third-order valence-electron chi connectivity index (χ3n) is 2.20. The van der Waals surface area contributed by atoms with Gasteiger partial charge in [-0.3, -0.25) is 4.98 Å². The third-order valence-corrected chi connectivity index (χ3v) is 2.20. The van der Waals surface area contributed by atoms with Crippen molar-refractivity contribution in [3.05, 3.63) is 18.6 Å². The summed E-state index contributed by atoms with van der Waals surface area (Å²) in [6.07, 6.45) is 5.07. The molecule has 1 N–H and O–H groups in total. The Kier molecular flexibility index (Phi) is 5.04. The van der Waals surface area contributed by atoms with E-state index in [4.69, 9.17) is 4.74 Å². The van der Waals surface area contributed by atoms with Crippen molar-refractivity contribution in [2.24, 2.45) is 5.92 Å². The average Bonchev–Trinajstić information content (AvgIpc) is 2.25. The maximum atomic E-state index is 5.42. The fraction of sp³-hybridized carbons (Fsp3) is 0.636. The van der Waals surface area contributed by atoms with Crippen LogP contribution >= 0.6 is 0 Å². The van der Waals surface area contributed by atoms with Crippen LogP contribution in [0.5, 0.6) is 0 Å². The van der Waals surface area contributed by atoms with E-state index < -0.39 is 0 Å². The predicted molar refractivity (Wildman–Crippen MR) is 60.8 cm³/mol. The van der Waals surface area contributed by atoms with Crippen LogP contribution in [-0.2, 0) is 4.74 Å². The van der Waals surface area contributed by atoms with Crippen molar-refractivity contribution in [3.63, 3.8) is 0 Å². The Bertz CT molecular complexity index is 264. The highest BCUT2D eigenvalue weighted by atomic mass is 16.5. The zero-order valence-electron chi connectivity index (χ0n) is 9.60. The number of nitrogens with zero attached hydrogens (tertiary/aromatic N) is 2. The van der Waals surface area contributed by atoms with Crippen molar-refractivity contribution in [2.75, 3.05) is 18.5 Å². The summed E-state index contributed by atoms with van der Waals surface area (Å²) < 4.78 is 5.42. The summed E-state index contributed by atoms with van der Waals surface area (Å²) in [6, 6.07) is 0.279. The molecular formula is C11H19N3O. The summed E-state index contributed by atoms with van der Waals surface area (Å²) >= 11 is 0. The molecule has 0 aliphatic heterocycles. The van der Waals surface area contributed by atoms with E-state index in [9.17, 15) is 0 Å². The molecule has 0 saturated carbocycles. The minimum Gasteiger partial charge on any atom is -0.380 e. The Morgan fingerprint density at radius 1 is 1.40 bits per heavy atom. The van der Waals surface area contributed by atoms with Gasteiger partial charge in [0.15, 0.2) is 0 Å². The molecule has 1 unspecified atom stereocenters. The van der Waals surface area contributed by atoms with Gasteiger partial charge in [-0.25, -0.2) is 4.98 Å². The van der Waals surface area contributed by atoms with Crippen LogP contribution < -0.4 is 5.32 Å². The van der Waals surface area contributed by atoms with Gasteiger partial charge in [-0.05, 0) is 12.8 Å². The molecule has 0 saturated heterocycles. The number of nitrogens with one attached hydrogen (secondary N) is 1. The normalized spacial score (nSPS) is 12.8. The summed E-state index contributed by atoms with van der Waals surface area (Å²) in [5.41, 5.74) is 0. The van der Waals surface area contributed by atoms with Gasteiger partial charge in [0.2, 0.25) is 0 Å². The topological polar surface area (TPSA) is 47.0 Å². The molecule has 4 nitrogen and oxygen atoms in total. The number of rotatable bonds is 6. The first-order valence-electron chi connectivity index (χ1n) is 5.34. The van der Waals surface area contributed by atoms with Crippen LogP contribution in [0.15, 0.2) is 18.6 Å². The van der Waals surface area contributed by atoms with Crippen LogP contribution in [0.2, 0.25) is 0 Å². The van der Waals surface area contributed by atoms with Gasteiger partial charge in [0, 0.05) is 19.0 Å². The van der Waals surface area contributed by atoms with E-state index >= 15 is 0 Å². The molecule has 4 heteroatoms. The van der Waals surface area contributed by atoms with E-state index in [1.165, 1.54) is 0 Å². The van der Waals surface area contributed by atoms with Crippen LogP contribution in [0, 0.1) is 5.92 Å². The molecule has 1 aromatic heterocycles. The molecule has 15 heavy (non-hydrogen) atoms. The lowest BCUT2D eigenvalue weighted by molar-refractivity contribution is 0.126. The minimum atomic E-state index is 0.279. The van der Waals surface area contributed by atoms with Gasteiger partial charge in [-0.1, -0.05) is 13.8 Å². The molecule has 84 valence electrons. The Morgan fingerprint density at radius 2 is 2.20 bits per heavy atom. The number of aromatic nitrogens is 2. The first kappa shape index (κ1) is 11.9. The second kappa shape index (κ2) is 6.35. The van der Waals surface area contributed by atoms with E-state index in [1.54, 1.807) is 18.6 Å². The Labute approximate surface area is 91.1 Å². The van der Waals surface area contributed by atoms with Crippen molar-refractivity contribution in [1.82, 2.24) is 9.97 Å². The van der Waals surface area contributed by atoms with Crippen molar-refractivity contribution < 1.29 is 4.74 Å². The van der Waals surface area contributed by atoms with Crippen molar-refractivity contribution in [3.8, 4) is 0 Å². The second-order valence-corrected chi connectivity index (χ2v) is 3.74. The maximum Gasteiger partial charge on any atom is 0.144 e. The molecule has 1 atom stereocenters. The fourth-order valence-electron chi connectivity index (χ4n) is 1.21. The first-order valence-corrected chi connectivity index (χ1v) is 5.34. The monoisotopic (exact) mass is 209 g/mol. The van der Waals surface area contributed by atoms with Crippen molar-refractivity contribution in [2.45, 2.75) is 26.8 Å². The maximum absolute atomic E-state index is 5.42. The number of hydrogen-bond acceptors (Lipinski definition) is 4. The fourth-order valence-corrected chi connectivity index (χ4v) is 1.21. The lowest BCUT2D eigenvalue weighted by atomic mass is 10.1. The highest BCUT2D eigenvalue weighted by Crippen LogP contribution is 2.09. The van der Waals surface area contributed by atoms with Gasteiger partial charge in [-0.2, -0.15) is 0 Å². The molecule has 0 aliphatic rings. The van der Waals surface area contributed by atoms with Crippen LogP contribution in [0.3, 0.4) is 0 Å². The Hall–Kier alpha value is -1.16. The van der Waals surface area contributed by atoms with Gasteiger partial charge in [0.05, 0.1) is 18.8 Å². The number of ether oxygens (including phenoxy) is 1. The van der Waals surface area contributed by atoms with E-state index in [-0.39, 0.29) is 6.04 Å². The largest absolute Gasteiger partial charge is 0.380 e. The van der Waals surface area contributed by atoms with Gasteiger partial charge in [-0.15, -0.1) is 0 Å². The molecule has 0 fully saturated rings. The molecule has 0 aromatic carbocycles. The third kappa shape index (κ3) is 4.25. The molecule has 1 rings (SSSR count). The van der Waals surface area contributed by atoms with Gasteiger partial charge in [0.25, 0.3) is 0 Å². The van der Waals surface area contributed by atoms with Crippen LogP contribution in [0.25, 0.3) is 0 Å². The molecular weight excluding hydrogens is 190 g/mol. The van der Waals surface area contributed by atoms with Gasteiger partial charge >= 0.3 is 0 Å². The predicted octanol–water partition coefficient (Wildman–Crippen LogP) is 1.95.